The van der Waals surface area contributed by atoms with Crippen LogP contribution in [0, 0.1) is 0 Å². The van der Waals surface area contributed by atoms with Crippen LogP contribution in [-0.2, 0) is 17.8 Å². The summed E-state index contributed by atoms with van der Waals surface area (Å²) in [7, 11) is 1.55. The molecule has 1 heterocycles. The van der Waals surface area contributed by atoms with Crippen LogP contribution in [-0.4, -0.2) is 24.7 Å². The first-order chi connectivity index (χ1) is 9.69. The van der Waals surface area contributed by atoms with Gasteiger partial charge in [-0.2, -0.15) is 0 Å². The van der Waals surface area contributed by atoms with Gasteiger partial charge in [0.1, 0.15) is 6.61 Å². The molecule has 2 aromatic rings. The van der Waals surface area contributed by atoms with E-state index >= 15 is 0 Å². The second-order valence-corrected chi connectivity index (χ2v) is 4.36. The van der Waals surface area contributed by atoms with Crippen molar-refractivity contribution in [2.45, 2.75) is 13.0 Å². The number of benzene rings is 1. The van der Waals surface area contributed by atoms with Gasteiger partial charge in [-0.1, -0.05) is 17.3 Å². The molecule has 0 radical (unpaired) electrons. The summed E-state index contributed by atoms with van der Waals surface area (Å²) in [5, 5.41) is 6.47. The molecule has 21 heavy (non-hydrogen) atoms. The predicted molar refractivity (Wildman–Crippen MR) is 81.4 cm³/mol. The first kappa shape index (κ1) is 17.0. The van der Waals surface area contributed by atoms with Crippen LogP contribution in [0.25, 0.3) is 0 Å². The Labute approximate surface area is 129 Å². The Balaban J connectivity index is 0.00000220. The molecule has 6 nitrogen and oxygen atoms in total. The molecule has 0 unspecified atom stereocenters. The molecular weight excluding hydrogens is 294 g/mol. The maximum absolute atomic E-state index is 11.8. The molecule has 3 N–H and O–H groups in total. The molecule has 0 aliphatic rings. The third-order valence-electron chi connectivity index (χ3n) is 2.76. The van der Waals surface area contributed by atoms with E-state index in [2.05, 4.69) is 10.5 Å². The monoisotopic (exact) mass is 311 g/mol. The quantitative estimate of drug-likeness (QED) is 0.794. The fraction of sp³-hybridized carbons (Fsp3) is 0.286. The van der Waals surface area contributed by atoms with Gasteiger partial charge in [-0.3, -0.25) is 4.79 Å². The van der Waals surface area contributed by atoms with Crippen molar-refractivity contribution < 1.29 is 14.1 Å². The Morgan fingerprint density at radius 1 is 1.38 bits per heavy atom. The summed E-state index contributed by atoms with van der Waals surface area (Å²) >= 11 is 0. The SMILES string of the molecule is COCc1cc(C(=O)NCCc2ccc(N)cc2)no1.Cl. The van der Waals surface area contributed by atoms with Crippen LogP contribution < -0.4 is 11.1 Å². The molecule has 0 spiro atoms. The molecule has 0 saturated carbocycles. The topological polar surface area (TPSA) is 90.4 Å². The van der Waals surface area contributed by atoms with Gasteiger partial charge in [-0.25, -0.2) is 0 Å². The number of amides is 1. The Hall–Kier alpha value is -2.05. The van der Waals surface area contributed by atoms with Gasteiger partial charge in [-0.15, -0.1) is 12.4 Å². The van der Waals surface area contributed by atoms with Crippen LogP contribution >= 0.6 is 12.4 Å². The van der Waals surface area contributed by atoms with Crippen molar-refractivity contribution >= 4 is 24.0 Å². The number of methoxy groups -OCH3 is 1. The standard InChI is InChI=1S/C14H17N3O3.ClH/c1-19-9-12-8-13(17-20-12)14(18)16-7-6-10-2-4-11(15)5-3-10;/h2-5,8H,6-7,9,15H2,1H3,(H,16,18);1H. The maximum Gasteiger partial charge on any atom is 0.273 e. The number of anilines is 1. The molecule has 0 saturated heterocycles. The molecule has 1 aromatic carbocycles. The summed E-state index contributed by atoms with van der Waals surface area (Å²) < 4.78 is 9.85. The van der Waals surface area contributed by atoms with Crippen molar-refractivity contribution in [2.24, 2.45) is 0 Å². The molecule has 0 aliphatic carbocycles. The largest absolute Gasteiger partial charge is 0.399 e. The Morgan fingerprint density at radius 2 is 2.10 bits per heavy atom. The molecule has 114 valence electrons. The van der Waals surface area contributed by atoms with Crippen LogP contribution in [0.5, 0.6) is 0 Å². The molecule has 0 bridgehead atoms. The molecule has 2 rings (SSSR count). The minimum Gasteiger partial charge on any atom is -0.399 e. The lowest BCUT2D eigenvalue weighted by molar-refractivity contribution is 0.0944. The van der Waals surface area contributed by atoms with Gasteiger partial charge in [0, 0.05) is 25.4 Å². The summed E-state index contributed by atoms with van der Waals surface area (Å²) in [5.41, 5.74) is 7.71. The number of nitrogens with two attached hydrogens (primary N) is 1. The van der Waals surface area contributed by atoms with E-state index < -0.39 is 0 Å². The minimum atomic E-state index is -0.258. The van der Waals surface area contributed by atoms with Crippen LogP contribution in [0.1, 0.15) is 21.8 Å². The highest BCUT2D eigenvalue weighted by Gasteiger charge is 2.11. The van der Waals surface area contributed by atoms with Crippen LogP contribution in [0.2, 0.25) is 0 Å². The van der Waals surface area contributed by atoms with Crippen LogP contribution in [0.15, 0.2) is 34.9 Å². The number of aromatic nitrogens is 1. The van der Waals surface area contributed by atoms with Crippen LogP contribution in [0.3, 0.4) is 0 Å². The van der Waals surface area contributed by atoms with Gasteiger partial charge in [0.15, 0.2) is 11.5 Å². The number of halogens is 1. The van der Waals surface area contributed by atoms with E-state index in [-0.39, 0.29) is 24.0 Å². The third kappa shape index (κ3) is 5.09. The van der Waals surface area contributed by atoms with Crippen molar-refractivity contribution in [3.63, 3.8) is 0 Å². The second-order valence-electron chi connectivity index (χ2n) is 4.36. The average molecular weight is 312 g/mol. The number of ether oxygens (including phenoxy) is 1. The number of carbonyl (C=O) groups excluding carboxylic acids is 1. The number of nitrogens with one attached hydrogen (secondary N) is 1. The van der Waals surface area contributed by atoms with Gasteiger partial charge >= 0.3 is 0 Å². The van der Waals surface area contributed by atoms with E-state index in [1.165, 1.54) is 0 Å². The highest BCUT2D eigenvalue weighted by atomic mass is 35.5. The first-order valence-corrected chi connectivity index (χ1v) is 6.26. The maximum atomic E-state index is 11.8. The molecular formula is C14H18ClN3O3. The highest BCUT2D eigenvalue weighted by molar-refractivity contribution is 5.92. The fourth-order valence-electron chi connectivity index (χ4n) is 1.73. The van der Waals surface area contributed by atoms with Crippen molar-refractivity contribution in [1.29, 1.82) is 0 Å². The highest BCUT2D eigenvalue weighted by Crippen LogP contribution is 2.06. The van der Waals surface area contributed by atoms with E-state index in [4.69, 9.17) is 15.0 Å². The number of nitrogen functional groups attached to an aromatic ring is 1. The molecule has 0 fully saturated rings. The smallest absolute Gasteiger partial charge is 0.273 e. The zero-order chi connectivity index (χ0) is 14.4. The number of rotatable bonds is 6. The molecule has 0 aliphatic heterocycles. The van der Waals surface area contributed by atoms with Gasteiger partial charge in [0.05, 0.1) is 0 Å². The van der Waals surface area contributed by atoms with E-state index in [0.29, 0.717) is 18.9 Å². The predicted octanol–water partition coefficient (Wildman–Crippen LogP) is 1.80. The van der Waals surface area contributed by atoms with E-state index in [0.717, 1.165) is 17.7 Å². The third-order valence-corrected chi connectivity index (χ3v) is 2.76. The van der Waals surface area contributed by atoms with Crippen molar-refractivity contribution in [3.05, 3.63) is 47.3 Å². The van der Waals surface area contributed by atoms with E-state index in [1.54, 1.807) is 13.2 Å². The Bertz CT molecular complexity index is 569. The lowest BCUT2D eigenvalue weighted by atomic mass is 10.1. The number of carbonyl (C=O) groups is 1. The van der Waals surface area contributed by atoms with E-state index in [1.807, 2.05) is 24.3 Å². The molecule has 7 heteroatoms. The Morgan fingerprint density at radius 3 is 2.76 bits per heavy atom. The number of hydrogen-bond acceptors (Lipinski definition) is 5. The molecule has 0 atom stereocenters. The summed E-state index contributed by atoms with van der Waals surface area (Å²) in [5.74, 6) is 0.266. The number of nitrogens with zero attached hydrogens (tertiary/aromatic N) is 1. The van der Waals surface area contributed by atoms with Gasteiger partial charge in [-0.05, 0) is 24.1 Å². The fourth-order valence-corrected chi connectivity index (χ4v) is 1.73. The summed E-state index contributed by atoms with van der Waals surface area (Å²) in [6, 6.07) is 9.13. The summed E-state index contributed by atoms with van der Waals surface area (Å²) in [6.45, 7) is 0.820. The van der Waals surface area contributed by atoms with Gasteiger partial charge < -0.3 is 20.3 Å². The van der Waals surface area contributed by atoms with Gasteiger partial charge in [0.25, 0.3) is 5.91 Å². The van der Waals surface area contributed by atoms with Crippen molar-refractivity contribution in [2.75, 3.05) is 19.4 Å². The minimum absolute atomic E-state index is 0. The second kappa shape index (κ2) is 8.28. The first-order valence-electron chi connectivity index (χ1n) is 6.26. The average Bonchev–Trinajstić information content (AvgIpc) is 2.90. The van der Waals surface area contributed by atoms with Crippen molar-refractivity contribution in [3.8, 4) is 0 Å². The summed E-state index contributed by atoms with van der Waals surface area (Å²) in [4.78, 5) is 11.8. The van der Waals surface area contributed by atoms with Crippen LogP contribution in [0.4, 0.5) is 5.69 Å². The lowest BCUT2D eigenvalue weighted by Gasteiger charge is -2.03. The van der Waals surface area contributed by atoms with Crippen molar-refractivity contribution in [1.82, 2.24) is 10.5 Å². The van der Waals surface area contributed by atoms with Gasteiger partial charge in [0.2, 0.25) is 0 Å². The zero-order valence-electron chi connectivity index (χ0n) is 11.7. The molecule has 1 aromatic heterocycles. The zero-order valence-corrected chi connectivity index (χ0v) is 12.5. The van der Waals surface area contributed by atoms with E-state index in [9.17, 15) is 4.79 Å². The number of hydrogen-bond donors (Lipinski definition) is 2. The Kier molecular flexibility index (Phi) is 6.71. The molecule has 1 amide bonds. The normalized spacial score (nSPS) is 9.95. The summed E-state index contributed by atoms with van der Waals surface area (Å²) in [6.07, 6.45) is 0.731. The lowest BCUT2D eigenvalue weighted by Crippen LogP contribution is -2.25.